The van der Waals surface area contributed by atoms with Crippen LogP contribution in [-0.2, 0) is 26.9 Å². The average Bonchev–Trinajstić information content (AvgIpc) is 3.46. The Kier molecular flexibility index (Phi) is 7.65. The Hall–Kier alpha value is -3.57. The van der Waals surface area contributed by atoms with Crippen LogP contribution in [0, 0.1) is 0 Å². The number of carbonyl (C=O) groups excluding carboxylic acids is 3. The molecular weight excluding hydrogens is 481 g/mol. The molecule has 196 valence electrons. The van der Waals surface area contributed by atoms with Crippen molar-refractivity contribution < 1.29 is 37.0 Å². The highest BCUT2D eigenvalue weighted by Gasteiger charge is 2.45. The Bertz CT molecular complexity index is 1140. The third-order valence-corrected chi connectivity index (χ3v) is 6.44. The minimum absolute atomic E-state index is 0. The van der Waals surface area contributed by atoms with E-state index < -0.39 is 41.7 Å². The molecule has 0 saturated heterocycles. The molecule has 2 amide bonds. The maximum Gasteiger partial charge on any atom is 0.435 e. The number of halogens is 3. The number of nitrogens with one attached hydrogen (secondary N) is 1. The fraction of sp³-hybridized carbons (Fsp3) is 0.500. The number of rotatable bonds is 6. The van der Waals surface area contributed by atoms with E-state index in [0.717, 1.165) is 17.5 Å². The summed E-state index contributed by atoms with van der Waals surface area (Å²) in [5.41, 5.74) is -2.49. The van der Waals surface area contributed by atoms with Gasteiger partial charge in [-0.05, 0) is 43.5 Å². The van der Waals surface area contributed by atoms with Gasteiger partial charge in [0, 0.05) is 12.1 Å². The minimum atomic E-state index is -4.75. The second-order valence-electron chi connectivity index (χ2n) is 8.59. The summed E-state index contributed by atoms with van der Waals surface area (Å²) < 4.78 is 52.0. The lowest BCUT2D eigenvalue weighted by Gasteiger charge is -2.31. The molecule has 12 heteroatoms. The van der Waals surface area contributed by atoms with E-state index in [1.807, 2.05) is 0 Å². The molecule has 0 radical (unpaired) electrons. The molecule has 4 rings (SSSR count). The molecule has 1 aliphatic heterocycles. The smallest absolute Gasteiger partial charge is 0.435 e. The quantitative estimate of drug-likeness (QED) is 0.599. The van der Waals surface area contributed by atoms with Crippen molar-refractivity contribution in [3.8, 4) is 11.4 Å². The van der Waals surface area contributed by atoms with Gasteiger partial charge in [-0.25, -0.2) is 9.48 Å². The first-order valence-corrected chi connectivity index (χ1v) is 11.1. The minimum Gasteiger partial charge on any atom is -0.497 e. The van der Waals surface area contributed by atoms with Crippen LogP contribution in [0.25, 0.3) is 5.69 Å². The molecule has 0 spiro atoms. The lowest BCUT2D eigenvalue weighted by molar-refractivity contribution is -0.150. The number of nitrogens with zero attached hydrogens (tertiary/aromatic N) is 3. The van der Waals surface area contributed by atoms with Crippen LogP contribution in [0.1, 0.15) is 54.9 Å². The molecule has 0 atom stereocenters. The van der Waals surface area contributed by atoms with E-state index in [2.05, 4.69) is 10.4 Å². The zero-order valence-electron chi connectivity index (χ0n) is 19.3. The van der Waals surface area contributed by atoms with Crippen molar-refractivity contribution in [2.75, 3.05) is 27.3 Å². The molecule has 1 aromatic carbocycles. The number of carbonyl (C=O) groups is 3. The van der Waals surface area contributed by atoms with E-state index in [1.54, 1.807) is 12.1 Å². The van der Waals surface area contributed by atoms with Crippen LogP contribution in [0.3, 0.4) is 0 Å². The number of hydrogen-bond donors (Lipinski definition) is 1. The van der Waals surface area contributed by atoms with E-state index in [0.29, 0.717) is 18.6 Å². The van der Waals surface area contributed by atoms with Crippen molar-refractivity contribution in [1.29, 1.82) is 0 Å². The molecule has 1 aliphatic carbocycles. The molecule has 2 heterocycles. The number of alkyl halides is 3. The molecular formula is C24H29F3N4O5. The predicted molar refractivity (Wildman–Crippen MR) is 123 cm³/mol. The molecule has 1 fully saturated rings. The van der Waals surface area contributed by atoms with Crippen molar-refractivity contribution in [3.05, 3.63) is 41.2 Å². The van der Waals surface area contributed by atoms with Gasteiger partial charge in [-0.3, -0.25) is 9.59 Å². The molecule has 1 aromatic heterocycles. The highest BCUT2D eigenvalue weighted by Crippen LogP contribution is 2.36. The molecule has 1 N–H and O–H groups in total. The lowest BCUT2D eigenvalue weighted by Crippen LogP contribution is -2.56. The fourth-order valence-electron chi connectivity index (χ4n) is 4.73. The molecule has 2 aromatic rings. The standard InChI is InChI=1S/C23H25F3N4O5.CH4/c1-34-15-7-5-14(6-8-15)30-18-16(19(28-30)23(24,25)26)9-12-29(20(18)32)13-17(31)27-22(21(33)35-2)10-3-4-11-22;/h5-8H,3-4,9-13H2,1-2H3,(H,27,31);1H4. The summed E-state index contributed by atoms with van der Waals surface area (Å²) >= 11 is 0. The normalized spacial score (nSPS) is 16.7. The second-order valence-corrected chi connectivity index (χ2v) is 8.59. The zero-order valence-corrected chi connectivity index (χ0v) is 19.3. The Balaban J connectivity index is 0.00000361. The topological polar surface area (TPSA) is 103 Å². The average molecular weight is 511 g/mol. The number of fused-ring (bicyclic) bond motifs is 1. The van der Waals surface area contributed by atoms with Gasteiger partial charge in [0.15, 0.2) is 5.69 Å². The van der Waals surface area contributed by atoms with Gasteiger partial charge in [-0.1, -0.05) is 20.3 Å². The highest BCUT2D eigenvalue weighted by atomic mass is 19.4. The highest BCUT2D eigenvalue weighted by molar-refractivity contribution is 5.99. The van der Waals surface area contributed by atoms with Crippen molar-refractivity contribution in [2.45, 2.75) is 51.2 Å². The second kappa shape index (κ2) is 10.2. The Morgan fingerprint density at radius 1 is 1.14 bits per heavy atom. The van der Waals surface area contributed by atoms with Gasteiger partial charge in [0.05, 0.1) is 26.5 Å². The fourth-order valence-corrected chi connectivity index (χ4v) is 4.73. The number of ether oxygens (including phenoxy) is 2. The van der Waals surface area contributed by atoms with E-state index >= 15 is 0 Å². The Morgan fingerprint density at radius 2 is 1.78 bits per heavy atom. The molecule has 2 aliphatic rings. The van der Waals surface area contributed by atoms with Crippen LogP contribution in [-0.4, -0.2) is 65.3 Å². The van der Waals surface area contributed by atoms with Gasteiger partial charge < -0.3 is 19.7 Å². The first-order valence-electron chi connectivity index (χ1n) is 11.1. The number of esters is 1. The van der Waals surface area contributed by atoms with E-state index in [4.69, 9.17) is 9.47 Å². The number of amides is 2. The van der Waals surface area contributed by atoms with Gasteiger partial charge in [-0.2, -0.15) is 18.3 Å². The Morgan fingerprint density at radius 3 is 2.33 bits per heavy atom. The first kappa shape index (κ1) is 27.0. The predicted octanol–water partition coefficient (Wildman–Crippen LogP) is 3.14. The summed E-state index contributed by atoms with van der Waals surface area (Å²) in [6.07, 6.45) is -2.56. The number of aromatic nitrogens is 2. The summed E-state index contributed by atoms with van der Waals surface area (Å²) in [4.78, 5) is 39.6. The van der Waals surface area contributed by atoms with Crippen LogP contribution in [0.4, 0.5) is 13.2 Å². The summed E-state index contributed by atoms with van der Waals surface area (Å²) in [7, 11) is 2.69. The molecule has 9 nitrogen and oxygen atoms in total. The van der Waals surface area contributed by atoms with Gasteiger partial charge in [0.1, 0.15) is 17.0 Å². The zero-order chi connectivity index (χ0) is 25.4. The van der Waals surface area contributed by atoms with Gasteiger partial charge in [0.25, 0.3) is 5.91 Å². The molecule has 0 unspecified atom stereocenters. The van der Waals surface area contributed by atoms with Gasteiger partial charge in [0.2, 0.25) is 5.91 Å². The van der Waals surface area contributed by atoms with Crippen molar-refractivity contribution >= 4 is 17.8 Å². The van der Waals surface area contributed by atoms with Crippen molar-refractivity contribution in [2.24, 2.45) is 0 Å². The summed E-state index contributed by atoms with van der Waals surface area (Å²) in [6, 6.07) is 6.07. The molecule has 36 heavy (non-hydrogen) atoms. The summed E-state index contributed by atoms with van der Waals surface area (Å²) in [6.45, 7) is -0.506. The summed E-state index contributed by atoms with van der Waals surface area (Å²) in [5, 5.41) is 6.42. The summed E-state index contributed by atoms with van der Waals surface area (Å²) in [5.74, 6) is -1.40. The third-order valence-electron chi connectivity index (χ3n) is 6.44. The van der Waals surface area contributed by atoms with Crippen LogP contribution in [0.2, 0.25) is 0 Å². The number of benzene rings is 1. The number of hydrogen-bond acceptors (Lipinski definition) is 6. The van der Waals surface area contributed by atoms with Gasteiger partial charge in [-0.15, -0.1) is 0 Å². The largest absolute Gasteiger partial charge is 0.497 e. The van der Waals surface area contributed by atoms with E-state index in [9.17, 15) is 27.6 Å². The molecule has 0 bridgehead atoms. The first-order chi connectivity index (χ1) is 16.6. The monoisotopic (exact) mass is 510 g/mol. The van der Waals surface area contributed by atoms with Crippen molar-refractivity contribution in [1.82, 2.24) is 20.0 Å². The van der Waals surface area contributed by atoms with Crippen LogP contribution in [0.5, 0.6) is 5.75 Å². The van der Waals surface area contributed by atoms with E-state index in [-0.39, 0.29) is 37.3 Å². The maximum atomic E-state index is 13.7. The maximum absolute atomic E-state index is 13.7. The third kappa shape index (κ3) is 4.89. The van der Waals surface area contributed by atoms with Crippen LogP contribution < -0.4 is 10.1 Å². The SMILES string of the molecule is C.COC(=O)C1(NC(=O)CN2CCc3c(C(F)(F)F)nn(-c4ccc(OC)cc4)c3C2=O)CCCC1. The van der Waals surface area contributed by atoms with Gasteiger partial charge >= 0.3 is 12.1 Å². The van der Waals surface area contributed by atoms with Crippen molar-refractivity contribution in [3.63, 3.8) is 0 Å². The lowest BCUT2D eigenvalue weighted by atomic mass is 9.97. The van der Waals surface area contributed by atoms with E-state index in [1.165, 1.54) is 31.3 Å². The van der Waals surface area contributed by atoms with Crippen LogP contribution in [0.15, 0.2) is 24.3 Å². The molecule has 1 saturated carbocycles. The van der Waals surface area contributed by atoms with Crippen LogP contribution >= 0.6 is 0 Å². The Labute approximate surface area is 206 Å². The number of methoxy groups -OCH3 is 2.